The average molecular weight is 595 g/mol. The van der Waals surface area contributed by atoms with Gasteiger partial charge < -0.3 is 59.3 Å². The van der Waals surface area contributed by atoms with Crippen LogP contribution in [0.1, 0.15) is 66.7 Å². The molecule has 9 atom stereocenters. The zero-order valence-electron chi connectivity index (χ0n) is 25.2. The minimum absolute atomic E-state index is 0.153. The van der Waals surface area contributed by atoms with E-state index in [0.29, 0.717) is 52.3 Å². The summed E-state index contributed by atoms with van der Waals surface area (Å²) >= 11 is 0. The first-order valence-corrected chi connectivity index (χ1v) is 14.7. The van der Waals surface area contributed by atoms with Gasteiger partial charge in [-0.3, -0.25) is 4.79 Å². The zero-order chi connectivity index (χ0) is 31.0. The van der Waals surface area contributed by atoms with Crippen molar-refractivity contribution < 1.29 is 58.8 Å². The fourth-order valence-electron chi connectivity index (χ4n) is 5.07. The molecule has 0 radical (unpaired) electrons. The van der Waals surface area contributed by atoms with Crippen molar-refractivity contribution in [3.63, 3.8) is 0 Å². The summed E-state index contributed by atoms with van der Waals surface area (Å²) in [6.45, 7) is 11.2. The third kappa shape index (κ3) is 12.4. The highest BCUT2D eigenvalue weighted by Gasteiger charge is 2.51. The maximum absolute atomic E-state index is 11.4. The van der Waals surface area contributed by atoms with Gasteiger partial charge in [-0.1, -0.05) is 6.92 Å². The molecule has 2 heterocycles. The van der Waals surface area contributed by atoms with Crippen molar-refractivity contribution in [2.24, 2.45) is 5.92 Å². The molecule has 13 heteroatoms. The Morgan fingerprint density at radius 2 is 1.56 bits per heavy atom. The molecule has 2 aliphatic heterocycles. The molecule has 0 saturated carbocycles. The van der Waals surface area contributed by atoms with E-state index >= 15 is 0 Å². The number of hydrogen-bond acceptors (Lipinski definition) is 12. The molecular formula is C28H52NO12-. The fourth-order valence-corrected chi connectivity index (χ4v) is 5.07. The summed E-state index contributed by atoms with van der Waals surface area (Å²) in [5.41, 5.74) is -1.56. The number of nitrogens with one attached hydrogen (secondary N) is 1. The van der Waals surface area contributed by atoms with Gasteiger partial charge in [-0.25, -0.2) is 0 Å². The minimum atomic E-state index is -1.56. The van der Waals surface area contributed by atoms with Crippen LogP contribution in [-0.2, 0) is 33.3 Å². The molecule has 0 aliphatic carbocycles. The number of aliphatic hydroxyl groups excluding tert-OH is 3. The summed E-state index contributed by atoms with van der Waals surface area (Å²) in [6.07, 6.45) is -2.47. The van der Waals surface area contributed by atoms with Crippen LogP contribution in [0.3, 0.4) is 0 Å². The number of carboxylic acids is 1. The summed E-state index contributed by atoms with van der Waals surface area (Å²) in [5.74, 6) is -2.32. The lowest BCUT2D eigenvalue weighted by atomic mass is 9.76. The van der Waals surface area contributed by atoms with Crippen LogP contribution in [0.5, 0.6) is 0 Å². The molecule has 0 aromatic carbocycles. The molecule has 2 aliphatic rings. The fraction of sp³-hybridized carbons (Fsp3) is 0.929. The van der Waals surface area contributed by atoms with Gasteiger partial charge >= 0.3 is 0 Å². The van der Waals surface area contributed by atoms with Crippen LogP contribution < -0.4 is 10.4 Å². The molecule has 13 nitrogen and oxygen atoms in total. The lowest BCUT2D eigenvalue weighted by Crippen LogP contribution is -2.65. The van der Waals surface area contributed by atoms with Crippen LogP contribution in [0.4, 0.5) is 0 Å². The standard InChI is InChI=1S/C16H30O7.C12H23NO5/c1-4-8-22-10-7-12-16(3,20)14(17)11(6-9-21-5-2)13(23-12)15(18)19;1-3-17-5-4-11-9(13-8(2)15)6-10(16)12(7-14)18-11/h11-14,17,20H,4-10H2,1-3H3,(H,18,19);9-12,14,16H,3-7H2,1-2H3,(H,13,15)/p-1. The van der Waals surface area contributed by atoms with Crippen LogP contribution in [-0.4, -0.2) is 127 Å². The van der Waals surface area contributed by atoms with Crippen LogP contribution in [0, 0.1) is 5.92 Å². The summed E-state index contributed by atoms with van der Waals surface area (Å²) in [5, 5.41) is 54.1. The van der Waals surface area contributed by atoms with Gasteiger partial charge in [0.2, 0.25) is 5.91 Å². The van der Waals surface area contributed by atoms with Crippen LogP contribution in [0.15, 0.2) is 0 Å². The highest BCUT2D eigenvalue weighted by Crippen LogP contribution is 2.36. The number of aliphatic hydroxyl groups is 4. The Labute approximate surface area is 243 Å². The number of ether oxygens (including phenoxy) is 5. The van der Waals surface area contributed by atoms with Crippen molar-refractivity contribution in [2.75, 3.05) is 46.2 Å². The largest absolute Gasteiger partial charge is 0.547 e. The molecule has 2 rings (SSSR count). The van der Waals surface area contributed by atoms with E-state index in [1.165, 1.54) is 13.8 Å². The van der Waals surface area contributed by atoms with E-state index in [9.17, 15) is 30.0 Å². The van der Waals surface area contributed by atoms with Crippen LogP contribution >= 0.6 is 0 Å². The smallest absolute Gasteiger partial charge is 0.217 e. The lowest BCUT2D eigenvalue weighted by molar-refractivity contribution is -0.336. The van der Waals surface area contributed by atoms with E-state index in [0.717, 1.165) is 6.42 Å². The Bertz CT molecular complexity index is 735. The van der Waals surface area contributed by atoms with Gasteiger partial charge in [0.05, 0.1) is 43.0 Å². The van der Waals surface area contributed by atoms with Crippen molar-refractivity contribution in [2.45, 2.75) is 115 Å². The number of amides is 1. The Kier molecular flexibility index (Phi) is 18.1. The molecule has 41 heavy (non-hydrogen) atoms. The maximum atomic E-state index is 11.4. The topological polar surface area (TPSA) is 196 Å². The predicted molar refractivity (Wildman–Crippen MR) is 146 cm³/mol. The number of hydrogen-bond donors (Lipinski definition) is 5. The number of carbonyl (C=O) groups is 2. The van der Waals surface area contributed by atoms with E-state index in [2.05, 4.69) is 5.32 Å². The Morgan fingerprint density at radius 3 is 2.10 bits per heavy atom. The van der Waals surface area contributed by atoms with Crippen LogP contribution in [0.25, 0.3) is 0 Å². The van der Waals surface area contributed by atoms with Gasteiger partial charge in [0.1, 0.15) is 17.8 Å². The second-order valence-electron chi connectivity index (χ2n) is 10.6. The third-order valence-electron chi connectivity index (χ3n) is 7.30. The Morgan fingerprint density at radius 1 is 0.951 bits per heavy atom. The van der Waals surface area contributed by atoms with Gasteiger partial charge in [0.15, 0.2) is 0 Å². The maximum Gasteiger partial charge on any atom is 0.217 e. The first kappa shape index (κ1) is 37.6. The molecule has 242 valence electrons. The number of aliphatic carboxylic acids is 1. The third-order valence-corrected chi connectivity index (χ3v) is 7.30. The molecule has 9 unspecified atom stereocenters. The molecule has 1 amide bonds. The highest BCUT2D eigenvalue weighted by atomic mass is 16.5. The van der Waals surface area contributed by atoms with Crippen molar-refractivity contribution in [1.82, 2.24) is 5.32 Å². The molecule has 0 bridgehead atoms. The van der Waals surface area contributed by atoms with Gasteiger partial charge in [0.25, 0.3) is 0 Å². The monoisotopic (exact) mass is 594 g/mol. The minimum Gasteiger partial charge on any atom is -0.547 e. The van der Waals surface area contributed by atoms with E-state index in [1.807, 2.05) is 20.8 Å². The summed E-state index contributed by atoms with van der Waals surface area (Å²) in [6, 6.07) is -0.235. The Balaban J connectivity index is 0.000000422. The second-order valence-corrected chi connectivity index (χ2v) is 10.6. The highest BCUT2D eigenvalue weighted by molar-refractivity contribution is 5.73. The van der Waals surface area contributed by atoms with Gasteiger partial charge in [-0.2, -0.15) is 0 Å². The summed E-state index contributed by atoms with van der Waals surface area (Å²) < 4.78 is 27.0. The molecule has 0 aromatic heterocycles. The Hall–Kier alpha value is -1.42. The van der Waals surface area contributed by atoms with E-state index < -0.39 is 48.0 Å². The number of carbonyl (C=O) groups excluding carboxylic acids is 2. The first-order valence-electron chi connectivity index (χ1n) is 14.7. The quantitative estimate of drug-likeness (QED) is 0.136. The SMILES string of the molecule is CCCOCCC1OC(C(=O)[O-])C(CCOCC)C(O)C1(C)O.CCOCCC1OC(CO)C(O)CC1NC(C)=O. The zero-order valence-corrected chi connectivity index (χ0v) is 25.2. The number of rotatable bonds is 16. The average Bonchev–Trinajstić information content (AvgIpc) is 2.91. The van der Waals surface area contributed by atoms with Gasteiger partial charge in [0, 0.05) is 52.5 Å². The summed E-state index contributed by atoms with van der Waals surface area (Å²) in [4.78, 5) is 22.5. The molecular weight excluding hydrogens is 542 g/mol. The van der Waals surface area contributed by atoms with E-state index in [4.69, 9.17) is 28.8 Å². The molecule has 2 saturated heterocycles. The van der Waals surface area contributed by atoms with Gasteiger partial charge in [-0.05, 0) is 52.9 Å². The van der Waals surface area contributed by atoms with Gasteiger partial charge in [-0.15, -0.1) is 0 Å². The molecule has 2 fully saturated rings. The van der Waals surface area contributed by atoms with E-state index in [1.54, 1.807) is 0 Å². The van der Waals surface area contributed by atoms with E-state index in [-0.39, 0.29) is 37.7 Å². The van der Waals surface area contributed by atoms with Crippen molar-refractivity contribution >= 4 is 11.9 Å². The predicted octanol–water partition coefficient (Wildman–Crippen LogP) is -1.10. The van der Waals surface area contributed by atoms with Crippen molar-refractivity contribution in [3.05, 3.63) is 0 Å². The first-order chi connectivity index (χ1) is 19.4. The lowest BCUT2D eigenvalue weighted by Gasteiger charge is -2.49. The molecule has 5 N–H and O–H groups in total. The summed E-state index contributed by atoms with van der Waals surface area (Å²) in [7, 11) is 0. The number of carboxylic acid groups (broad SMARTS) is 1. The normalized spacial score (nSPS) is 33.5. The molecule has 0 aromatic rings. The van der Waals surface area contributed by atoms with Crippen molar-refractivity contribution in [3.8, 4) is 0 Å². The van der Waals surface area contributed by atoms with Crippen molar-refractivity contribution in [1.29, 1.82) is 0 Å². The second kappa shape index (κ2) is 19.7. The molecule has 0 spiro atoms. The van der Waals surface area contributed by atoms with Crippen LogP contribution in [0.2, 0.25) is 0 Å².